The van der Waals surface area contributed by atoms with Crippen molar-refractivity contribution in [3.8, 4) is 0 Å². The van der Waals surface area contributed by atoms with Crippen molar-refractivity contribution in [3.63, 3.8) is 0 Å². The first-order valence-electron chi connectivity index (χ1n) is 10.2. The van der Waals surface area contributed by atoms with E-state index in [-0.39, 0.29) is 5.91 Å². The van der Waals surface area contributed by atoms with Gasteiger partial charge < -0.3 is 0 Å². The van der Waals surface area contributed by atoms with Crippen molar-refractivity contribution in [3.05, 3.63) is 12.2 Å². The number of hydrogen-bond donors (Lipinski definition) is 0. The normalized spacial score (nSPS) is 11.5. The molecular weight excluding hydrogens is 296 g/mol. The topological polar surface area (TPSA) is 23.6 Å². The monoisotopic (exact) mass is 338 g/mol. The molecule has 0 aromatic heterocycles. The second-order valence-corrected chi connectivity index (χ2v) is 7.10. The third kappa shape index (κ3) is 14.7. The second kappa shape index (κ2) is 17.0. The van der Waals surface area contributed by atoms with Crippen molar-refractivity contribution in [1.82, 2.24) is 10.0 Å². The van der Waals surface area contributed by atoms with Gasteiger partial charge >= 0.3 is 0 Å². The van der Waals surface area contributed by atoms with Crippen LogP contribution in [0.15, 0.2) is 12.2 Å². The summed E-state index contributed by atoms with van der Waals surface area (Å²) >= 11 is 0. The molecule has 0 radical (unpaired) electrons. The van der Waals surface area contributed by atoms with Gasteiger partial charge in [0.15, 0.2) is 0 Å². The second-order valence-electron chi connectivity index (χ2n) is 7.10. The molecule has 0 spiro atoms. The smallest absolute Gasteiger partial charge is 0.236 e. The lowest BCUT2D eigenvalue weighted by atomic mass is 10.1. The van der Waals surface area contributed by atoms with Crippen molar-refractivity contribution in [2.75, 3.05) is 21.1 Å². The van der Waals surface area contributed by atoms with Crippen LogP contribution in [0.4, 0.5) is 0 Å². The number of rotatable bonds is 16. The molecular formula is C21H42N2O. The third-order valence-electron chi connectivity index (χ3n) is 4.61. The van der Waals surface area contributed by atoms with Crippen LogP contribution in [0, 0.1) is 0 Å². The van der Waals surface area contributed by atoms with Gasteiger partial charge in [0.2, 0.25) is 5.91 Å². The zero-order valence-electron chi connectivity index (χ0n) is 16.9. The Labute approximate surface area is 151 Å². The molecule has 0 aliphatic heterocycles. The molecule has 24 heavy (non-hydrogen) atoms. The molecule has 0 saturated heterocycles. The molecule has 3 heteroatoms. The summed E-state index contributed by atoms with van der Waals surface area (Å²) in [6.45, 7) is 2.27. The van der Waals surface area contributed by atoms with Crippen molar-refractivity contribution in [2.45, 2.75) is 96.8 Å². The van der Waals surface area contributed by atoms with Crippen LogP contribution >= 0.6 is 0 Å². The van der Waals surface area contributed by atoms with E-state index in [4.69, 9.17) is 0 Å². The maximum absolute atomic E-state index is 11.8. The Kier molecular flexibility index (Phi) is 16.4. The summed E-state index contributed by atoms with van der Waals surface area (Å²) in [7, 11) is 5.63. The molecule has 3 nitrogen and oxygen atoms in total. The third-order valence-corrected chi connectivity index (χ3v) is 4.61. The van der Waals surface area contributed by atoms with Crippen LogP contribution in [0.2, 0.25) is 0 Å². The molecule has 0 saturated carbocycles. The van der Waals surface area contributed by atoms with E-state index in [0.29, 0.717) is 6.42 Å². The maximum Gasteiger partial charge on any atom is 0.236 e. The molecule has 142 valence electrons. The number of allylic oxidation sites excluding steroid dienone is 2. The fourth-order valence-electron chi connectivity index (χ4n) is 2.73. The van der Waals surface area contributed by atoms with Gasteiger partial charge in [-0.25, -0.2) is 5.01 Å². The van der Waals surface area contributed by atoms with Crippen LogP contribution < -0.4 is 0 Å². The summed E-state index contributed by atoms with van der Waals surface area (Å²) < 4.78 is 0. The fraction of sp³-hybridized carbons (Fsp3) is 0.857. The quantitative estimate of drug-likeness (QED) is 0.197. The Bertz CT molecular complexity index is 313. The lowest BCUT2D eigenvalue weighted by molar-refractivity contribution is -0.141. The summed E-state index contributed by atoms with van der Waals surface area (Å²) in [5, 5.41) is 3.52. The van der Waals surface area contributed by atoms with Crippen LogP contribution in [0.25, 0.3) is 0 Å². The summed E-state index contributed by atoms with van der Waals surface area (Å²) in [4.78, 5) is 11.8. The highest BCUT2D eigenvalue weighted by Crippen LogP contribution is 2.10. The Morgan fingerprint density at radius 2 is 1.17 bits per heavy atom. The minimum Gasteiger partial charge on any atom is -0.279 e. The lowest BCUT2D eigenvalue weighted by Gasteiger charge is -2.24. The first kappa shape index (κ1) is 23.2. The molecule has 0 rings (SSSR count). The standard InChI is InChI=1S/C21H42N2O/c1-5-6-7-8-9-10-11-12-13-14-15-16-17-18-19-20-21(24)23(4)22(2)3/h12-13H,5-11,14-20H2,1-4H3/b13-12-. The van der Waals surface area contributed by atoms with Gasteiger partial charge in [-0.05, 0) is 32.1 Å². The van der Waals surface area contributed by atoms with Crippen LogP contribution in [0.5, 0.6) is 0 Å². The summed E-state index contributed by atoms with van der Waals surface area (Å²) in [6.07, 6.45) is 22.2. The SMILES string of the molecule is CCCCCCCC/C=C\CCCCCCCC(=O)N(C)N(C)C. The average Bonchev–Trinajstić information content (AvgIpc) is 2.57. The van der Waals surface area contributed by atoms with Gasteiger partial charge in [0.25, 0.3) is 0 Å². The molecule has 0 aliphatic carbocycles. The van der Waals surface area contributed by atoms with E-state index in [9.17, 15) is 4.79 Å². The van der Waals surface area contributed by atoms with Gasteiger partial charge in [-0.15, -0.1) is 0 Å². The Morgan fingerprint density at radius 3 is 1.67 bits per heavy atom. The lowest BCUT2D eigenvalue weighted by Crippen LogP contribution is -2.38. The molecule has 0 unspecified atom stereocenters. The van der Waals surface area contributed by atoms with Crippen molar-refractivity contribution in [2.24, 2.45) is 0 Å². The van der Waals surface area contributed by atoms with Crippen molar-refractivity contribution >= 4 is 5.91 Å². The Balaban J connectivity index is 3.27. The highest BCUT2D eigenvalue weighted by molar-refractivity contribution is 5.75. The van der Waals surface area contributed by atoms with E-state index in [1.165, 1.54) is 77.0 Å². The van der Waals surface area contributed by atoms with Crippen LogP contribution in [0.1, 0.15) is 96.8 Å². The number of hydrazine groups is 1. The van der Waals surface area contributed by atoms with Gasteiger partial charge in [-0.2, -0.15) is 0 Å². The highest BCUT2D eigenvalue weighted by atomic mass is 16.2. The predicted molar refractivity (Wildman–Crippen MR) is 106 cm³/mol. The highest BCUT2D eigenvalue weighted by Gasteiger charge is 2.09. The Hall–Kier alpha value is -0.830. The molecule has 0 N–H and O–H groups in total. The number of unbranched alkanes of at least 4 members (excludes halogenated alkanes) is 11. The zero-order valence-corrected chi connectivity index (χ0v) is 16.9. The zero-order chi connectivity index (χ0) is 18.0. The van der Waals surface area contributed by atoms with Gasteiger partial charge in [-0.3, -0.25) is 9.80 Å². The summed E-state index contributed by atoms with van der Waals surface area (Å²) in [6, 6.07) is 0. The van der Waals surface area contributed by atoms with Gasteiger partial charge in [0.1, 0.15) is 0 Å². The van der Waals surface area contributed by atoms with Crippen LogP contribution in [-0.2, 0) is 4.79 Å². The minimum atomic E-state index is 0.220. The average molecular weight is 339 g/mol. The van der Waals surface area contributed by atoms with E-state index in [0.717, 1.165) is 6.42 Å². The molecule has 1 amide bonds. The van der Waals surface area contributed by atoms with Crippen molar-refractivity contribution < 1.29 is 4.79 Å². The summed E-state index contributed by atoms with van der Waals surface area (Å²) in [5.41, 5.74) is 0. The van der Waals surface area contributed by atoms with E-state index < -0.39 is 0 Å². The molecule has 0 aromatic rings. The molecule has 0 fully saturated rings. The Morgan fingerprint density at radius 1 is 0.708 bits per heavy atom. The maximum atomic E-state index is 11.8. The number of nitrogens with zero attached hydrogens (tertiary/aromatic N) is 2. The number of carbonyl (C=O) groups excluding carboxylic acids is 1. The van der Waals surface area contributed by atoms with E-state index >= 15 is 0 Å². The first-order valence-corrected chi connectivity index (χ1v) is 10.2. The molecule has 0 bridgehead atoms. The fourth-order valence-corrected chi connectivity index (χ4v) is 2.73. The molecule has 0 aromatic carbocycles. The van der Waals surface area contributed by atoms with E-state index in [1.54, 1.807) is 5.01 Å². The molecule has 0 heterocycles. The number of amides is 1. The van der Waals surface area contributed by atoms with Crippen LogP contribution in [0.3, 0.4) is 0 Å². The summed E-state index contributed by atoms with van der Waals surface area (Å²) in [5.74, 6) is 0.220. The predicted octanol–water partition coefficient (Wildman–Crippen LogP) is 5.96. The minimum absolute atomic E-state index is 0.220. The molecule has 0 atom stereocenters. The number of carbonyl (C=O) groups is 1. The first-order chi connectivity index (χ1) is 11.6. The molecule has 0 aliphatic rings. The van der Waals surface area contributed by atoms with Gasteiger partial charge in [0.05, 0.1) is 0 Å². The largest absolute Gasteiger partial charge is 0.279 e. The van der Waals surface area contributed by atoms with Crippen LogP contribution in [-0.4, -0.2) is 37.1 Å². The van der Waals surface area contributed by atoms with Crippen molar-refractivity contribution in [1.29, 1.82) is 0 Å². The number of hydrogen-bond acceptors (Lipinski definition) is 2. The van der Waals surface area contributed by atoms with E-state index in [1.807, 2.05) is 26.2 Å². The van der Waals surface area contributed by atoms with Gasteiger partial charge in [0, 0.05) is 27.6 Å². The van der Waals surface area contributed by atoms with E-state index in [2.05, 4.69) is 19.1 Å². The van der Waals surface area contributed by atoms with Gasteiger partial charge in [-0.1, -0.05) is 70.4 Å².